The Kier molecular flexibility index (Phi) is 5.41. The molecule has 2 aromatic carbocycles. The highest BCUT2D eigenvalue weighted by Crippen LogP contribution is 2.29. The van der Waals surface area contributed by atoms with Gasteiger partial charge in [0.1, 0.15) is 16.3 Å². The van der Waals surface area contributed by atoms with Crippen LogP contribution in [0.3, 0.4) is 0 Å². The van der Waals surface area contributed by atoms with E-state index in [9.17, 15) is 14.7 Å². The van der Waals surface area contributed by atoms with Crippen molar-refractivity contribution < 1.29 is 19.4 Å². The molecule has 0 aliphatic heterocycles. The molecule has 0 aliphatic carbocycles. The van der Waals surface area contributed by atoms with E-state index in [0.29, 0.717) is 0 Å². The summed E-state index contributed by atoms with van der Waals surface area (Å²) in [5.74, 6) is -1.25. The molecule has 0 aliphatic rings. The van der Waals surface area contributed by atoms with Gasteiger partial charge in [-0.15, -0.1) is 11.3 Å². The van der Waals surface area contributed by atoms with Crippen LogP contribution in [0.25, 0.3) is 10.2 Å². The van der Waals surface area contributed by atoms with Crippen LogP contribution in [0.4, 0.5) is 0 Å². The number of carbonyl (C=O) groups excluding carboxylic acids is 2. The quantitative estimate of drug-likeness (QED) is 0.679. The molecule has 3 aromatic rings. The van der Waals surface area contributed by atoms with Gasteiger partial charge in [0.2, 0.25) is 0 Å². The lowest BCUT2D eigenvalue weighted by molar-refractivity contribution is -0.135. The molecule has 1 aromatic heterocycles. The number of phenolic OH excluding ortho intramolecular Hbond substituents is 1. The monoisotopic (exact) mass is 384 g/mol. The number of esters is 1. The van der Waals surface area contributed by atoms with Crippen LogP contribution in [0.15, 0.2) is 42.5 Å². The lowest BCUT2D eigenvalue weighted by Gasteiger charge is -2.23. The fourth-order valence-electron chi connectivity index (χ4n) is 2.57. The van der Waals surface area contributed by atoms with Crippen molar-refractivity contribution in [1.29, 1.82) is 0 Å². The van der Waals surface area contributed by atoms with Gasteiger partial charge in [-0.05, 0) is 38.1 Å². The largest absolute Gasteiger partial charge is 0.507 e. The molecule has 140 valence electrons. The van der Waals surface area contributed by atoms with Gasteiger partial charge in [-0.1, -0.05) is 23.8 Å². The fraction of sp³-hybridized carbons (Fsp3) is 0.250. The highest BCUT2D eigenvalue weighted by Gasteiger charge is 2.22. The van der Waals surface area contributed by atoms with Gasteiger partial charge in [0.05, 0.1) is 16.3 Å². The zero-order valence-corrected chi connectivity index (χ0v) is 16.1. The van der Waals surface area contributed by atoms with Crippen LogP contribution in [0, 0.1) is 6.92 Å². The number of thiazole rings is 1. The fourth-order valence-corrected chi connectivity index (χ4v) is 3.63. The van der Waals surface area contributed by atoms with E-state index in [0.717, 1.165) is 20.8 Å². The van der Waals surface area contributed by atoms with Gasteiger partial charge in [-0.2, -0.15) is 0 Å². The first kappa shape index (κ1) is 18.8. The van der Waals surface area contributed by atoms with E-state index in [1.807, 2.05) is 31.2 Å². The zero-order valence-electron chi connectivity index (χ0n) is 15.3. The summed E-state index contributed by atoms with van der Waals surface area (Å²) in [7, 11) is 1.65. The normalized spacial score (nSPS) is 12.0. The molecule has 1 N–H and O–H groups in total. The minimum Gasteiger partial charge on any atom is -0.507 e. The van der Waals surface area contributed by atoms with Crippen molar-refractivity contribution in [1.82, 2.24) is 9.88 Å². The van der Waals surface area contributed by atoms with Crippen molar-refractivity contribution >= 4 is 33.4 Å². The van der Waals surface area contributed by atoms with Gasteiger partial charge in [0, 0.05) is 7.05 Å². The Morgan fingerprint density at radius 3 is 2.74 bits per heavy atom. The summed E-state index contributed by atoms with van der Waals surface area (Å²) >= 11 is 1.53. The molecule has 1 heterocycles. The number of likely N-dealkylation sites (N-methyl/N-ethyl adjacent to an activating group) is 1. The Hall–Kier alpha value is -2.93. The number of nitrogens with zero attached hydrogens (tertiary/aromatic N) is 2. The van der Waals surface area contributed by atoms with E-state index in [1.165, 1.54) is 28.4 Å². The number of aryl methyl sites for hydroxylation is 1. The summed E-state index contributed by atoms with van der Waals surface area (Å²) in [6.07, 6.45) is 0. The number of carbonyl (C=O) groups is 2. The van der Waals surface area contributed by atoms with Gasteiger partial charge < -0.3 is 14.7 Å². The van der Waals surface area contributed by atoms with E-state index in [-0.39, 0.29) is 23.3 Å². The summed E-state index contributed by atoms with van der Waals surface area (Å²) in [5.41, 5.74) is 1.75. The molecule has 0 saturated carbocycles. The molecule has 1 atom stereocenters. The maximum atomic E-state index is 12.4. The molecule has 3 rings (SSSR count). The third-order valence-electron chi connectivity index (χ3n) is 4.34. The van der Waals surface area contributed by atoms with Crippen molar-refractivity contribution in [2.75, 3.05) is 13.7 Å². The summed E-state index contributed by atoms with van der Waals surface area (Å²) in [6.45, 7) is 3.27. The first-order chi connectivity index (χ1) is 12.9. The molecular formula is C20H20N2O4S. The molecule has 6 nitrogen and oxygen atoms in total. The van der Waals surface area contributed by atoms with E-state index in [4.69, 9.17) is 4.74 Å². The topological polar surface area (TPSA) is 79.7 Å². The predicted octanol–water partition coefficient (Wildman–Crippen LogP) is 3.69. The molecular weight excluding hydrogens is 364 g/mol. The summed E-state index contributed by atoms with van der Waals surface area (Å²) in [5, 5.41) is 10.6. The van der Waals surface area contributed by atoms with Crippen molar-refractivity contribution in [2.45, 2.75) is 19.9 Å². The SMILES string of the molecule is Cc1ccc(O)c(C(=O)OCC(=O)N(C)[C@@H](C)c2nc3ccccc3s2)c1. The number of fused-ring (bicyclic) bond motifs is 1. The van der Waals surface area contributed by atoms with Gasteiger partial charge in [0.15, 0.2) is 6.61 Å². The second-order valence-corrected chi connectivity index (χ2v) is 7.36. The number of aromatic hydroxyl groups is 1. The van der Waals surface area contributed by atoms with Gasteiger partial charge in [0.25, 0.3) is 5.91 Å². The highest BCUT2D eigenvalue weighted by atomic mass is 32.1. The van der Waals surface area contributed by atoms with Crippen LogP contribution in [0.5, 0.6) is 5.75 Å². The van der Waals surface area contributed by atoms with Gasteiger partial charge in [-0.25, -0.2) is 9.78 Å². The average Bonchev–Trinajstić information content (AvgIpc) is 3.10. The Labute approximate surface area is 161 Å². The molecule has 0 spiro atoms. The van der Waals surface area contributed by atoms with Gasteiger partial charge >= 0.3 is 5.97 Å². The number of amides is 1. The van der Waals surface area contributed by atoms with Crippen LogP contribution in [0.2, 0.25) is 0 Å². The smallest absolute Gasteiger partial charge is 0.342 e. The first-order valence-corrected chi connectivity index (χ1v) is 9.26. The molecule has 0 saturated heterocycles. The highest BCUT2D eigenvalue weighted by molar-refractivity contribution is 7.18. The van der Waals surface area contributed by atoms with E-state index in [2.05, 4.69) is 4.98 Å². The second-order valence-electron chi connectivity index (χ2n) is 6.30. The standard InChI is InChI=1S/C20H20N2O4S/c1-12-8-9-16(23)14(10-12)20(25)26-11-18(24)22(3)13(2)19-21-15-6-4-5-7-17(15)27-19/h4-10,13,23H,11H2,1-3H3/t13-/m0/s1. The molecule has 27 heavy (non-hydrogen) atoms. The van der Waals surface area contributed by atoms with Crippen molar-refractivity contribution in [2.24, 2.45) is 0 Å². The maximum absolute atomic E-state index is 12.4. The number of hydrogen-bond donors (Lipinski definition) is 1. The molecule has 0 unspecified atom stereocenters. The minimum atomic E-state index is -0.731. The number of benzene rings is 2. The number of ether oxygens (including phenoxy) is 1. The lowest BCUT2D eigenvalue weighted by Crippen LogP contribution is -2.33. The maximum Gasteiger partial charge on any atom is 0.342 e. The Morgan fingerprint density at radius 1 is 1.26 bits per heavy atom. The van der Waals surface area contributed by atoms with Crippen LogP contribution >= 0.6 is 11.3 Å². The molecule has 0 fully saturated rings. The van der Waals surface area contributed by atoms with E-state index in [1.54, 1.807) is 20.0 Å². The molecule has 7 heteroatoms. The first-order valence-electron chi connectivity index (χ1n) is 8.44. The van der Waals surface area contributed by atoms with Gasteiger partial charge in [-0.3, -0.25) is 4.79 Å². The lowest BCUT2D eigenvalue weighted by atomic mass is 10.1. The van der Waals surface area contributed by atoms with Crippen LogP contribution in [-0.4, -0.2) is 40.5 Å². The predicted molar refractivity (Wildman–Crippen MR) is 104 cm³/mol. The molecule has 0 bridgehead atoms. The number of aromatic nitrogens is 1. The number of para-hydroxylation sites is 1. The molecule has 0 radical (unpaired) electrons. The minimum absolute atomic E-state index is 0.0460. The summed E-state index contributed by atoms with van der Waals surface area (Å²) in [4.78, 5) is 30.6. The van der Waals surface area contributed by atoms with Crippen LogP contribution in [0.1, 0.15) is 33.9 Å². The van der Waals surface area contributed by atoms with Crippen LogP contribution < -0.4 is 0 Å². The third-order valence-corrected chi connectivity index (χ3v) is 5.55. The van der Waals surface area contributed by atoms with Crippen molar-refractivity contribution in [3.05, 3.63) is 58.6 Å². The Bertz CT molecular complexity index is 966. The number of phenols is 1. The Morgan fingerprint density at radius 2 is 2.00 bits per heavy atom. The zero-order chi connectivity index (χ0) is 19.6. The number of rotatable bonds is 5. The average molecular weight is 384 g/mol. The van der Waals surface area contributed by atoms with Crippen LogP contribution in [-0.2, 0) is 9.53 Å². The van der Waals surface area contributed by atoms with E-state index < -0.39 is 12.6 Å². The number of hydrogen-bond acceptors (Lipinski definition) is 6. The van der Waals surface area contributed by atoms with E-state index >= 15 is 0 Å². The summed E-state index contributed by atoms with van der Waals surface area (Å²) < 4.78 is 6.14. The Balaban J connectivity index is 1.64. The second kappa shape index (κ2) is 7.75. The van der Waals surface area contributed by atoms with Crippen molar-refractivity contribution in [3.8, 4) is 5.75 Å². The third kappa shape index (κ3) is 4.09. The van der Waals surface area contributed by atoms with Crippen molar-refractivity contribution in [3.63, 3.8) is 0 Å². The molecule has 1 amide bonds. The summed E-state index contributed by atoms with van der Waals surface area (Å²) in [6, 6.07) is 12.2.